The van der Waals surface area contributed by atoms with Gasteiger partial charge >= 0.3 is 5.97 Å². The zero-order valence-electron chi connectivity index (χ0n) is 15.6. The van der Waals surface area contributed by atoms with Gasteiger partial charge in [-0.25, -0.2) is 0 Å². The summed E-state index contributed by atoms with van der Waals surface area (Å²) in [6.07, 6.45) is 2.16. The molecule has 0 unspecified atom stereocenters. The number of rotatable bonds is 7. The SMILES string of the molecule is N[C@@H](Cc1cc(Cl)c(Sc2ccc(O)c(Cc3ccc(=O)[nH]c3)c2)c(Cl)c1)C(=O)O. The Balaban J connectivity index is 1.83. The third kappa shape index (κ3) is 5.58. The van der Waals surface area contributed by atoms with E-state index in [4.69, 9.17) is 34.0 Å². The van der Waals surface area contributed by atoms with Crippen molar-refractivity contribution in [3.8, 4) is 5.75 Å². The Morgan fingerprint density at radius 1 is 1.10 bits per heavy atom. The van der Waals surface area contributed by atoms with Crippen molar-refractivity contribution in [2.24, 2.45) is 5.73 Å². The normalized spacial score (nSPS) is 12.0. The van der Waals surface area contributed by atoms with E-state index in [1.54, 1.807) is 36.5 Å². The Bertz CT molecular complexity index is 1110. The number of phenols is 1. The highest BCUT2D eigenvalue weighted by Crippen LogP contribution is 2.40. The molecule has 0 aliphatic heterocycles. The molecule has 0 saturated carbocycles. The lowest BCUT2D eigenvalue weighted by Gasteiger charge is -2.13. The predicted molar refractivity (Wildman–Crippen MR) is 118 cm³/mol. The molecule has 1 atom stereocenters. The highest BCUT2D eigenvalue weighted by atomic mass is 35.5. The van der Waals surface area contributed by atoms with Gasteiger partial charge in [-0.3, -0.25) is 9.59 Å². The predicted octanol–water partition coefficient (Wildman–Crippen LogP) is 4.08. The first-order chi connectivity index (χ1) is 14.2. The van der Waals surface area contributed by atoms with Crippen LogP contribution >= 0.6 is 35.0 Å². The third-order valence-corrected chi connectivity index (χ3v) is 6.30. The average molecular weight is 465 g/mol. The van der Waals surface area contributed by atoms with Crippen molar-refractivity contribution in [3.63, 3.8) is 0 Å². The van der Waals surface area contributed by atoms with E-state index in [9.17, 15) is 14.7 Å². The second-order valence-electron chi connectivity index (χ2n) is 6.67. The zero-order valence-corrected chi connectivity index (χ0v) is 17.9. The number of phenolic OH excluding ortho intramolecular Hbond substituents is 1. The molecule has 0 aliphatic carbocycles. The highest BCUT2D eigenvalue weighted by Gasteiger charge is 2.16. The molecule has 156 valence electrons. The van der Waals surface area contributed by atoms with Gasteiger partial charge in [-0.1, -0.05) is 41.0 Å². The largest absolute Gasteiger partial charge is 0.508 e. The number of pyridine rings is 1. The van der Waals surface area contributed by atoms with E-state index in [2.05, 4.69) is 4.98 Å². The molecule has 0 bridgehead atoms. The number of aromatic hydroxyl groups is 1. The molecule has 0 spiro atoms. The van der Waals surface area contributed by atoms with Crippen molar-refractivity contribution < 1.29 is 15.0 Å². The summed E-state index contributed by atoms with van der Waals surface area (Å²) in [5.74, 6) is -0.958. The van der Waals surface area contributed by atoms with Gasteiger partial charge in [0.05, 0.1) is 10.0 Å². The standard InChI is InChI=1S/C21H18Cl2N2O4S/c22-15-6-12(8-17(24)21(28)29)7-16(23)20(15)30-14-2-3-18(26)13(9-14)5-11-1-4-19(27)25-10-11/h1-4,6-7,9-10,17,26H,5,8,24H2,(H,25,27)(H,28,29)/t17-/m0/s1. The number of carboxylic acid groups (broad SMARTS) is 1. The minimum absolute atomic E-state index is 0.113. The second-order valence-corrected chi connectivity index (χ2v) is 8.57. The fraction of sp³-hybridized carbons (Fsp3) is 0.143. The summed E-state index contributed by atoms with van der Waals surface area (Å²) in [5.41, 5.74) is 7.55. The molecular formula is C21H18Cl2N2O4S. The second kappa shape index (κ2) is 9.57. The van der Waals surface area contributed by atoms with E-state index in [0.29, 0.717) is 32.5 Å². The van der Waals surface area contributed by atoms with Crippen LogP contribution in [0.5, 0.6) is 5.75 Å². The number of carbonyl (C=O) groups is 1. The molecule has 1 heterocycles. The highest BCUT2D eigenvalue weighted by molar-refractivity contribution is 7.99. The molecule has 0 amide bonds. The van der Waals surface area contributed by atoms with Crippen LogP contribution in [0.15, 0.2) is 63.2 Å². The molecule has 2 aromatic carbocycles. The fourth-order valence-electron chi connectivity index (χ4n) is 2.83. The summed E-state index contributed by atoms with van der Waals surface area (Å²) >= 11 is 14.1. The molecule has 3 aromatic rings. The van der Waals surface area contributed by atoms with E-state index in [1.807, 2.05) is 6.07 Å². The van der Waals surface area contributed by atoms with Gasteiger partial charge in [0.1, 0.15) is 11.8 Å². The summed E-state index contributed by atoms with van der Waals surface area (Å²) in [6, 6.07) is 10.6. The van der Waals surface area contributed by atoms with E-state index in [0.717, 1.165) is 10.5 Å². The molecule has 3 rings (SSSR count). The van der Waals surface area contributed by atoms with Crippen molar-refractivity contribution in [1.29, 1.82) is 0 Å². The minimum Gasteiger partial charge on any atom is -0.508 e. The number of benzene rings is 2. The Kier molecular flexibility index (Phi) is 7.10. The number of aromatic nitrogens is 1. The van der Waals surface area contributed by atoms with Crippen molar-refractivity contribution in [2.75, 3.05) is 0 Å². The summed E-state index contributed by atoms with van der Waals surface area (Å²) in [6.45, 7) is 0. The van der Waals surface area contributed by atoms with Crippen LogP contribution in [0.25, 0.3) is 0 Å². The van der Waals surface area contributed by atoms with Crippen molar-refractivity contribution >= 4 is 40.9 Å². The molecule has 0 aliphatic rings. The summed E-state index contributed by atoms with van der Waals surface area (Å²) in [4.78, 5) is 26.2. The van der Waals surface area contributed by atoms with Crippen LogP contribution in [0.4, 0.5) is 0 Å². The number of hydrogen-bond donors (Lipinski definition) is 4. The third-order valence-electron chi connectivity index (χ3n) is 4.34. The van der Waals surface area contributed by atoms with Crippen LogP contribution in [0.3, 0.4) is 0 Å². The first-order valence-corrected chi connectivity index (χ1v) is 10.4. The van der Waals surface area contributed by atoms with Crippen LogP contribution in [0.1, 0.15) is 16.7 Å². The quantitative estimate of drug-likeness (QED) is 0.418. The number of aromatic amines is 1. The van der Waals surface area contributed by atoms with Gasteiger partial charge in [0, 0.05) is 28.5 Å². The number of carboxylic acids is 1. The number of nitrogens with two attached hydrogens (primary N) is 1. The summed E-state index contributed by atoms with van der Waals surface area (Å²) in [7, 11) is 0. The molecule has 1 aromatic heterocycles. The van der Waals surface area contributed by atoms with Gasteiger partial charge in [0.2, 0.25) is 5.56 Å². The lowest BCUT2D eigenvalue weighted by molar-refractivity contribution is -0.138. The lowest BCUT2D eigenvalue weighted by atomic mass is 10.1. The number of hydrogen-bond acceptors (Lipinski definition) is 5. The maximum atomic E-state index is 11.2. The van der Waals surface area contributed by atoms with Crippen molar-refractivity contribution in [2.45, 2.75) is 28.7 Å². The van der Waals surface area contributed by atoms with Gasteiger partial charge in [0.25, 0.3) is 0 Å². The molecule has 6 nitrogen and oxygen atoms in total. The smallest absolute Gasteiger partial charge is 0.320 e. The molecule has 0 saturated heterocycles. The van der Waals surface area contributed by atoms with Gasteiger partial charge in [-0.05, 0) is 53.4 Å². The van der Waals surface area contributed by atoms with Crippen molar-refractivity contribution in [1.82, 2.24) is 4.98 Å². The van der Waals surface area contributed by atoms with Crippen LogP contribution < -0.4 is 11.3 Å². The monoisotopic (exact) mass is 464 g/mol. The van der Waals surface area contributed by atoms with E-state index in [-0.39, 0.29) is 17.7 Å². The van der Waals surface area contributed by atoms with Gasteiger partial charge in [-0.15, -0.1) is 0 Å². The summed E-state index contributed by atoms with van der Waals surface area (Å²) in [5, 5.41) is 19.9. The number of nitrogens with one attached hydrogen (secondary N) is 1. The van der Waals surface area contributed by atoms with Crippen LogP contribution in [-0.4, -0.2) is 27.2 Å². The Hall–Kier alpha value is -2.45. The maximum Gasteiger partial charge on any atom is 0.320 e. The number of H-pyrrole nitrogens is 1. The van der Waals surface area contributed by atoms with E-state index < -0.39 is 12.0 Å². The summed E-state index contributed by atoms with van der Waals surface area (Å²) < 4.78 is 0. The maximum absolute atomic E-state index is 11.2. The van der Waals surface area contributed by atoms with Gasteiger partial charge < -0.3 is 20.9 Å². The zero-order chi connectivity index (χ0) is 21.8. The Morgan fingerprint density at radius 3 is 2.40 bits per heavy atom. The minimum atomic E-state index is -1.10. The lowest BCUT2D eigenvalue weighted by Crippen LogP contribution is -2.32. The van der Waals surface area contributed by atoms with Crippen LogP contribution in [0, 0.1) is 0 Å². The molecule has 0 fully saturated rings. The van der Waals surface area contributed by atoms with E-state index >= 15 is 0 Å². The fourth-order valence-corrected chi connectivity index (χ4v) is 4.48. The van der Waals surface area contributed by atoms with Crippen LogP contribution in [0.2, 0.25) is 10.0 Å². The first-order valence-electron chi connectivity index (χ1n) is 8.86. The van der Waals surface area contributed by atoms with E-state index in [1.165, 1.54) is 17.8 Å². The van der Waals surface area contributed by atoms with Gasteiger partial charge in [0.15, 0.2) is 0 Å². The molecule has 0 radical (unpaired) electrons. The Labute approximate surface area is 186 Å². The van der Waals surface area contributed by atoms with Crippen LogP contribution in [-0.2, 0) is 17.6 Å². The average Bonchev–Trinajstić information content (AvgIpc) is 2.68. The Morgan fingerprint density at radius 2 is 1.80 bits per heavy atom. The topological polar surface area (TPSA) is 116 Å². The molecule has 9 heteroatoms. The number of aliphatic carboxylic acids is 1. The molecule has 5 N–H and O–H groups in total. The van der Waals surface area contributed by atoms with Gasteiger partial charge in [-0.2, -0.15) is 0 Å². The molecule has 30 heavy (non-hydrogen) atoms. The van der Waals surface area contributed by atoms with Crippen molar-refractivity contribution in [3.05, 3.63) is 85.8 Å². The first kappa shape index (κ1) is 22.2. The number of halogens is 2. The molecular weight excluding hydrogens is 447 g/mol.